The number of rotatable bonds is 2. The lowest BCUT2D eigenvalue weighted by atomic mass is 9.85. The number of hydrogen-bond donors (Lipinski definition) is 1. The summed E-state index contributed by atoms with van der Waals surface area (Å²) < 4.78 is 5.88. The Kier molecular flexibility index (Phi) is 4.11. The van der Waals surface area contributed by atoms with Crippen LogP contribution in [0.25, 0.3) is 0 Å². The maximum atomic E-state index is 9.34. The summed E-state index contributed by atoms with van der Waals surface area (Å²) in [5.74, 6) is 0.854. The van der Waals surface area contributed by atoms with Crippen molar-refractivity contribution < 1.29 is 9.84 Å². The highest BCUT2D eigenvalue weighted by atomic mass is 16.5. The normalized spacial score (nSPS) is 39.2. The zero-order chi connectivity index (χ0) is 12.5. The number of hydrogen-bond acceptors (Lipinski definition) is 3. The van der Waals surface area contributed by atoms with E-state index >= 15 is 0 Å². The molecule has 2 rings (SSSR count). The van der Waals surface area contributed by atoms with E-state index in [1.807, 2.05) is 0 Å². The first-order valence-electron chi connectivity index (χ1n) is 7.03. The summed E-state index contributed by atoms with van der Waals surface area (Å²) in [6.45, 7) is 8.67. The molecule has 2 aliphatic rings. The Morgan fingerprint density at radius 2 is 2.12 bits per heavy atom. The lowest BCUT2D eigenvalue weighted by Gasteiger charge is -2.47. The summed E-state index contributed by atoms with van der Waals surface area (Å²) in [5, 5.41) is 9.34. The molecule has 0 amide bonds. The quantitative estimate of drug-likeness (QED) is 0.803. The predicted octanol–water partition coefficient (Wildman–Crippen LogP) is 2.04. The van der Waals surface area contributed by atoms with Crippen LogP contribution in [0.4, 0.5) is 0 Å². The van der Waals surface area contributed by atoms with E-state index in [0.29, 0.717) is 6.04 Å². The van der Waals surface area contributed by atoms with Crippen LogP contribution >= 0.6 is 0 Å². The fourth-order valence-electron chi connectivity index (χ4n) is 3.45. The van der Waals surface area contributed by atoms with Gasteiger partial charge in [0, 0.05) is 19.1 Å². The average molecular weight is 241 g/mol. The van der Waals surface area contributed by atoms with E-state index in [1.165, 1.54) is 25.7 Å². The van der Waals surface area contributed by atoms with E-state index in [2.05, 4.69) is 25.7 Å². The Morgan fingerprint density at radius 1 is 1.35 bits per heavy atom. The van der Waals surface area contributed by atoms with Crippen molar-refractivity contribution in [1.29, 1.82) is 0 Å². The van der Waals surface area contributed by atoms with Gasteiger partial charge in [0.2, 0.25) is 0 Å². The van der Waals surface area contributed by atoms with Gasteiger partial charge in [-0.05, 0) is 32.6 Å². The molecule has 0 spiro atoms. The highest BCUT2D eigenvalue weighted by molar-refractivity contribution is 4.89. The van der Waals surface area contributed by atoms with Crippen LogP contribution in [0.5, 0.6) is 0 Å². The van der Waals surface area contributed by atoms with Gasteiger partial charge in [-0.25, -0.2) is 0 Å². The maximum absolute atomic E-state index is 9.34. The number of ether oxygens (including phenoxy) is 1. The lowest BCUT2D eigenvalue weighted by molar-refractivity contribution is -0.159. The molecular formula is C14H27NO2. The number of nitrogens with zero attached hydrogens (tertiary/aromatic N) is 1. The molecule has 100 valence electrons. The van der Waals surface area contributed by atoms with Gasteiger partial charge in [-0.15, -0.1) is 0 Å². The van der Waals surface area contributed by atoms with Crippen LogP contribution in [0.3, 0.4) is 0 Å². The number of aliphatic hydroxyl groups is 1. The lowest BCUT2D eigenvalue weighted by Crippen LogP contribution is -2.57. The smallest absolute Gasteiger partial charge is 0.0940 e. The Hall–Kier alpha value is -0.120. The van der Waals surface area contributed by atoms with Crippen molar-refractivity contribution in [2.45, 2.75) is 64.2 Å². The molecule has 0 aromatic rings. The maximum Gasteiger partial charge on any atom is 0.0940 e. The number of morpholine rings is 1. The van der Waals surface area contributed by atoms with Crippen LogP contribution in [0.15, 0.2) is 0 Å². The van der Waals surface area contributed by atoms with Gasteiger partial charge in [-0.1, -0.05) is 19.8 Å². The van der Waals surface area contributed by atoms with Gasteiger partial charge in [0.05, 0.1) is 18.3 Å². The van der Waals surface area contributed by atoms with Crippen molar-refractivity contribution in [3.63, 3.8) is 0 Å². The molecule has 3 atom stereocenters. The van der Waals surface area contributed by atoms with E-state index in [9.17, 15) is 5.11 Å². The van der Waals surface area contributed by atoms with E-state index in [-0.39, 0.29) is 18.3 Å². The minimum Gasteiger partial charge on any atom is -0.394 e. The van der Waals surface area contributed by atoms with Gasteiger partial charge in [-0.2, -0.15) is 0 Å². The van der Waals surface area contributed by atoms with Crippen molar-refractivity contribution in [2.75, 3.05) is 19.7 Å². The van der Waals surface area contributed by atoms with Crippen molar-refractivity contribution in [1.82, 2.24) is 4.90 Å². The SMILES string of the molecule is CC1CCCC(N2CC(CO)OC(C)(C)C2)C1. The van der Waals surface area contributed by atoms with Gasteiger partial charge in [-0.3, -0.25) is 4.90 Å². The van der Waals surface area contributed by atoms with Gasteiger partial charge in [0.1, 0.15) is 0 Å². The standard InChI is InChI=1S/C14H27NO2/c1-11-5-4-6-12(7-11)15-8-13(9-16)17-14(2,3)10-15/h11-13,16H,4-10H2,1-3H3. The van der Waals surface area contributed by atoms with Gasteiger partial charge in [0.15, 0.2) is 0 Å². The summed E-state index contributed by atoms with van der Waals surface area (Å²) in [6, 6.07) is 0.705. The molecule has 0 radical (unpaired) electrons. The van der Waals surface area contributed by atoms with E-state index in [4.69, 9.17) is 4.74 Å². The van der Waals surface area contributed by atoms with Crippen LogP contribution in [0.1, 0.15) is 46.5 Å². The second kappa shape index (κ2) is 5.25. The van der Waals surface area contributed by atoms with Crippen LogP contribution in [-0.4, -0.2) is 47.4 Å². The van der Waals surface area contributed by atoms with Gasteiger partial charge >= 0.3 is 0 Å². The molecular weight excluding hydrogens is 214 g/mol. The first-order valence-corrected chi connectivity index (χ1v) is 7.03. The van der Waals surface area contributed by atoms with Crippen LogP contribution in [0, 0.1) is 5.92 Å². The molecule has 1 saturated heterocycles. The van der Waals surface area contributed by atoms with Gasteiger partial charge in [0.25, 0.3) is 0 Å². The Bertz CT molecular complexity index is 255. The molecule has 2 fully saturated rings. The molecule has 1 aliphatic carbocycles. The molecule has 1 N–H and O–H groups in total. The minimum absolute atomic E-state index is 0.00372. The largest absolute Gasteiger partial charge is 0.394 e. The topological polar surface area (TPSA) is 32.7 Å². The van der Waals surface area contributed by atoms with E-state index in [0.717, 1.165) is 19.0 Å². The summed E-state index contributed by atoms with van der Waals surface area (Å²) in [4.78, 5) is 2.56. The first-order chi connectivity index (χ1) is 8.00. The third-order valence-corrected chi connectivity index (χ3v) is 4.14. The van der Waals surface area contributed by atoms with Crippen LogP contribution < -0.4 is 0 Å². The number of aliphatic hydroxyl groups excluding tert-OH is 1. The summed E-state index contributed by atoms with van der Waals surface area (Å²) >= 11 is 0. The van der Waals surface area contributed by atoms with Crippen LogP contribution in [0.2, 0.25) is 0 Å². The fourth-order valence-corrected chi connectivity index (χ4v) is 3.45. The summed E-state index contributed by atoms with van der Waals surface area (Å²) in [7, 11) is 0. The second-order valence-electron chi connectivity index (χ2n) is 6.54. The minimum atomic E-state index is -0.119. The fraction of sp³-hybridized carbons (Fsp3) is 1.00. The highest BCUT2D eigenvalue weighted by Crippen LogP contribution is 2.31. The predicted molar refractivity (Wildman–Crippen MR) is 69.0 cm³/mol. The monoisotopic (exact) mass is 241 g/mol. The molecule has 0 aromatic heterocycles. The Morgan fingerprint density at radius 3 is 2.76 bits per heavy atom. The Balaban J connectivity index is 1.99. The molecule has 3 unspecified atom stereocenters. The summed E-state index contributed by atoms with van der Waals surface area (Å²) in [5.41, 5.74) is -0.119. The first kappa shape index (κ1) is 13.3. The zero-order valence-electron chi connectivity index (χ0n) is 11.5. The molecule has 1 heterocycles. The molecule has 1 saturated carbocycles. The van der Waals surface area contributed by atoms with E-state index < -0.39 is 0 Å². The van der Waals surface area contributed by atoms with Crippen molar-refractivity contribution in [2.24, 2.45) is 5.92 Å². The molecule has 0 aromatic carbocycles. The molecule has 0 bridgehead atoms. The Labute approximate surface area is 105 Å². The third kappa shape index (κ3) is 3.43. The molecule has 3 heteroatoms. The van der Waals surface area contributed by atoms with Crippen molar-refractivity contribution in [3.8, 4) is 0 Å². The second-order valence-corrected chi connectivity index (χ2v) is 6.54. The molecule has 1 aliphatic heterocycles. The molecule has 3 nitrogen and oxygen atoms in total. The summed E-state index contributed by atoms with van der Waals surface area (Å²) in [6.07, 6.45) is 5.37. The average Bonchev–Trinajstić information content (AvgIpc) is 2.27. The third-order valence-electron chi connectivity index (χ3n) is 4.14. The van der Waals surface area contributed by atoms with Crippen LogP contribution in [-0.2, 0) is 4.74 Å². The van der Waals surface area contributed by atoms with Gasteiger partial charge < -0.3 is 9.84 Å². The zero-order valence-corrected chi connectivity index (χ0v) is 11.5. The van der Waals surface area contributed by atoms with Crippen molar-refractivity contribution in [3.05, 3.63) is 0 Å². The molecule has 17 heavy (non-hydrogen) atoms. The van der Waals surface area contributed by atoms with E-state index in [1.54, 1.807) is 0 Å². The van der Waals surface area contributed by atoms with Crippen molar-refractivity contribution >= 4 is 0 Å². The highest BCUT2D eigenvalue weighted by Gasteiger charge is 2.37.